The monoisotopic (exact) mass is 222 g/mol. The van der Waals surface area contributed by atoms with Crippen LogP contribution >= 0.6 is 0 Å². The molecule has 0 bridgehead atoms. The van der Waals surface area contributed by atoms with Gasteiger partial charge in [0.05, 0.1) is 6.42 Å². The summed E-state index contributed by atoms with van der Waals surface area (Å²) in [5, 5.41) is 8.89. The number of hydrogen-bond acceptors (Lipinski definition) is 1. The van der Waals surface area contributed by atoms with Crippen molar-refractivity contribution in [1.82, 2.24) is 0 Å². The molecule has 0 aliphatic heterocycles. The SMILES string of the molecule is O=C(O)CC(c1ccccc1CF)C1CC1. The zero-order valence-electron chi connectivity index (χ0n) is 9.03. The van der Waals surface area contributed by atoms with Gasteiger partial charge in [-0.05, 0) is 35.8 Å². The van der Waals surface area contributed by atoms with Crippen molar-refractivity contribution in [2.24, 2.45) is 5.92 Å². The van der Waals surface area contributed by atoms with Crippen molar-refractivity contribution < 1.29 is 14.3 Å². The lowest BCUT2D eigenvalue weighted by molar-refractivity contribution is -0.137. The van der Waals surface area contributed by atoms with Crippen LogP contribution in [0, 0.1) is 5.92 Å². The van der Waals surface area contributed by atoms with E-state index in [1.165, 1.54) is 0 Å². The second kappa shape index (κ2) is 4.64. The minimum Gasteiger partial charge on any atom is -0.481 e. The highest BCUT2D eigenvalue weighted by molar-refractivity contribution is 5.68. The number of benzene rings is 1. The van der Waals surface area contributed by atoms with Gasteiger partial charge in [0.2, 0.25) is 0 Å². The predicted octanol–water partition coefficient (Wildman–Crippen LogP) is 3.12. The number of carboxylic acids is 1. The van der Waals surface area contributed by atoms with Gasteiger partial charge in [0.25, 0.3) is 0 Å². The van der Waals surface area contributed by atoms with Crippen LogP contribution in [0.3, 0.4) is 0 Å². The van der Waals surface area contributed by atoms with Gasteiger partial charge in [0.15, 0.2) is 0 Å². The molecule has 3 heteroatoms. The minimum absolute atomic E-state index is 0.00977. The van der Waals surface area contributed by atoms with Gasteiger partial charge in [-0.15, -0.1) is 0 Å². The van der Waals surface area contributed by atoms with Crippen LogP contribution in [0.25, 0.3) is 0 Å². The summed E-state index contributed by atoms with van der Waals surface area (Å²) in [6.07, 6.45) is 2.25. The van der Waals surface area contributed by atoms with Crippen LogP contribution in [0.5, 0.6) is 0 Å². The largest absolute Gasteiger partial charge is 0.481 e. The predicted molar refractivity (Wildman–Crippen MR) is 59.0 cm³/mol. The Balaban J connectivity index is 2.26. The van der Waals surface area contributed by atoms with Gasteiger partial charge in [-0.3, -0.25) is 4.79 Å². The molecule has 1 aromatic rings. The number of carboxylic acid groups (broad SMARTS) is 1. The Hall–Kier alpha value is -1.38. The van der Waals surface area contributed by atoms with Gasteiger partial charge < -0.3 is 5.11 Å². The number of rotatable bonds is 5. The van der Waals surface area contributed by atoms with Crippen LogP contribution in [0.1, 0.15) is 36.3 Å². The summed E-state index contributed by atoms with van der Waals surface area (Å²) >= 11 is 0. The van der Waals surface area contributed by atoms with Crippen molar-refractivity contribution in [2.75, 3.05) is 0 Å². The summed E-state index contributed by atoms with van der Waals surface area (Å²) in [4.78, 5) is 10.8. The number of hydrogen-bond donors (Lipinski definition) is 1. The Morgan fingerprint density at radius 2 is 2.12 bits per heavy atom. The zero-order valence-corrected chi connectivity index (χ0v) is 9.03. The summed E-state index contributed by atoms with van der Waals surface area (Å²) in [7, 11) is 0. The maximum absolute atomic E-state index is 12.8. The van der Waals surface area contributed by atoms with E-state index in [0.29, 0.717) is 11.5 Å². The van der Waals surface area contributed by atoms with E-state index in [9.17, 15) is 9.18 Å². The van der Waals surface area contributed by atoms with Gasteiger partial charge in [-0.1, -0.05) is 24.3 Å². The van der Waals surface area contributed by atoms with Gasteiger partial charge in [-0.2, -0.15) is 0 Å². The van der Waals surface area contributed by atoms with E-state index in [2.05, 4.69) is 0 Å². The first kappa shape index (κ1) is 11.1. The molecule has 0 spiro atoms. The second-order valence-electron chi connectivity index (χ2n) is 4.37. The fourth-order valence-corrected chi connectivity index (χ4v) is 2.23. The molecular weight excluding hydrogens is 207 g/mol. The smallest absolute Gasteiger partial charge is 0.303 e. The van der Waals surface area contributed by atoms with Gasteiger partial charge in [-0.25, -0.2) is 4.39 Å². The highest BCUT2D eigenvalue weighted by Crippen LogP contribution is 2.45. The van der Waals surface area contributed by atoms with Crippen LogP contribution in [0.4, 0.5) is 4.39 Å². The molecule has 0 amide bonds. The molecule has 2 nitrogen and oxygen atoms in total. The summed E-state index contributed by atoms with van der Waals surface area (Å²) in [5.74, 6) is -0.376. The van der Waals surface area contributed by atoms with Crippen molar-refractivity contribution in [2.45, 2.75) is 31.9 Å². The molecule has 1 unspecified atom stereocenters. The van der Waals surface area contributed by atoms with Crippen LogP contribution in [-0.2, 0) is 11.5 Å². The van der Waals surface area contributed by atoms with Crippen LogP contribution in [-0.4, -0.2) is 11.1 Å². The average Bonchev–Trinajstić information content (AvgIpc) is 3.09. The molecule has 1 saturated carbocycles. The fourth-order valence-electron chi connectivity index (χ4n) is 2.23. The zero-order chi connectivity index (χ0) is 11.5. The number of alkyl halides is 1. The van der Waals surface area contributed by atoms with E-state index < -0.39 is 12.6 Å². The molecule has 1 aliphatic carbocycles. The molecule has 1 aliphatic rings. The van der Waals surface area contributed by atoms with E-state index in [1.54, 1.807) is 12.1 Å². The third-order valence-corrected chi connectivity index (χ3v) is 3.18. The Bertz CT molecular complexity index is 385. The average molecular weight is 222 g/mol. The Kier molecular flexibility index (Phi) is 3.22. The molecule has 0 saturated heterocycles. The first-order valence-electron chi connectivity index (χ1n) is 5.58. The van der Waals surface area contributed by atoms with Crippen molar-refractivity contribution in [1.29, 1.82) is 0 Å². The standard InChI is InChI=1S/C13H15FO2/c14-8-10-3-1-2-4-11(10)12(7-13(15)16)9-5-6-9/h1-4,9,12H,5-8H2,(H,15,16). The third kappa shape index (κ3) is 2.40. The number of aliphatic carboxylic acids is 1. The van der Waals surface area contributed by atoms with Gasteiger partial charge in [0.1, 0.15) is 6.67 Å². The molecule has 0 heterocycles. The van der Waals surface area contributed by atoms with Crippen LogP contribution < -0.4 is 0 Å². The normalized spacial score (nSPS) is 17.1. The topological polar surface area (TPSA) is 37.3 Å². The quantitative estimate of drug-likeness (QED) is 0.831. The summed E-state index contributed by atoms with van der Waals surface area (Å²) in [6, 6.07) is 7.25. The Labute approximate surface area is 94.1 Å². The van der Waals surface area contributed by atoms with Crippen molar-refractivity contribution in [3.05, 3.63) is 35.4 Å². The first-order valence-corrected chi connectivity index (χ1v) is 5.58. The molecule has 0 aromatic heterocycles. The highest BCUT2D eigenvalue weighted by atomic mass is 19.1. The molecule has 1 aromatic carbocycles. The maximum atomic E-state index is 12.8. The van der Waals surface area contributed by atoms with E-state index >= 15 is 0 Å². The maximum Gasteiger partial charge on any atom is 0.303 e. The fraction of sp³-hybridized carbons (Fsp3) is 0.462. The molecule has 0 radical (unpaired) electrons. The molecule has 86 valence electrons. The van der Waals surface area contributed by atoms with E-state index in [0.717, 1.165) is 18.4 Å². The molecule has 2 rings (SSSR count). The van der Waals surface area contributed by atoms with E-state index in [-0.39, 0.29) is 12.3 Å². The third-order valence-electron chi connectivity index (χ3n) is 3.18. The summed E-state index contributed by atoms with van der Waals surface area (Å²) < 4.78 is 12.8. The Morgan fingerprint density at radius 1 is 1.44 bits per heavy atom. The lowest BCUT2D eigenvalue weighted by atomic mass is 9.88. The van der Waals surface area contributed by atoms with E-state index in [4.69, 9.17) is 5.11 Å². The highest BCUT2D eigenvalue weighted by Gasteiger charge is 2.34. The number of carbonyl (C=O) groups is 1. The van der Waals surface area contributed by atoms with Gasteiger partial charge in [0, 0.05) is 0 Å². The minimum atomic E-state index is -0.800. The summed E-state index contributed by atoms with van der Waals surface area (Å²) in [6.45, 7) is -0.515. The van der Waals surface area contributed by atoms with Crippen LogP contribution in [0.2, 0.25) is 0 Å². The second-order valence-corrected chi connectivity index (χ2v) is 4.37. The Morgan fingerprint density at radius 3 is 2.69 bits per heavy atom. The van der Waals surface area contributed by atoms with Crippen molar-refractivity contribution in [3.8, 4) is 0 Å². The van der Waals surface area contributed by atoms with Crippen molar-refractivity contribution >= 4 is 5.97 Å². The first-order chi connectivity index (χ1) is 7.72. The summed E-state index contributed by atoms with van der Waals surface area (Å²) in [5.41, 5.74) is 1.52. The van der Waals surface area contributed by atoms with Gasteiger partial charge >= 0.3 is 5.97 Å². The lowest BCUT2D eigenvalue weighted by Crippen LogP contribution is -2.10. The van der Waals surface area contributed by atoms with E-state index in [1.807, 2.05) is 12.1 Å². The van der Waals surface area contributed by atoms with Crippen LogP contribution in [0.15, 0.2) is 24.3 Å². The number of halogens is 1. The molecular formula is C13H15FO2. The lowest BCUT2D eigenvalue weighted by Gasteiger charge is -2.17. The molecule has 1 N–H and O–H groups in total. The molecule has 16 heavy (non-hydrogen) atoms. The van der Waals surface area contributed by atoms with Crippen molar-refractivity contribution in [3.63, 3.8) is 0 Å². The molecule has 1 fully saturated rings. The molecule has 1 atom stereocenters.